The summed E-state index contributed by atoms with van der Waals surface area (Å²) in [6, 6.07) is 10.3. The maximum Gasteiger partial charge on any atom is 0.240 e. The standard InChI is InChI=1S/C16H26N2O/c1-5-18(6-2)16(19)15(17-13(3)4)12-14-10-8-7-9-11-14/h7-11,13,15,17H,5-6,12H2,1-4H3/t15-/m0/s1. The van der Waals surface area contributed by atoms with Gasteiger partial charge in [-0.1, -0.05) is 44.2 Å². The molecule has 0 saturated heterocycles. The summed E-state index contributed by atoms with van der Waals surface area (Å²) >= 11 is 0. The zero-order valence-electron chi connectivity index (χ0n) is 12.5. The molecule has 19 heavy (non-hydrogen) atoms. The highest BCUT2D eigenvalue weighted by Crippen LogP contribution is 2.07. The number of amides is 1. The van der Waals surface area contributed by atoms with E-state index in [1.165, 1.54) is 5.56 Å². The number of nitrogens with one attached hydrogen (secondary N) is 1. The number of carbonyl (C=O) groups excluding carboxylic acids is 1. The Kier molecular flexibility index (Phi) is 6.57. The monoisotopic (exact) mass is 262 g/mol. The van der Waals surface area contributed by atoms with Crippen molar-refractivity contribution in [1.82, 2.24) is 10.2 Å². The van der Waals surface area contributed by atoms with Crippen molar-refractivity contribution < 1.29 is 4.79 Å². The van der Waals surface area contributed by atoms with Crippen molar-refractivity contribution in [3.8, 4) is 0 Å². The van der Waals surface area contributed by atoms with Gasteiger partial charge in [0.05, 0.1) is 6.04 Å². The van der Waals surface area contributed by atoms with E-state index in [2.05, 4.69) is 31.3 Å². The Bertz CT molecular complexity index is 372. The second-order valence-electron chi connectivity index (χ2n) is 5.07. The van der Waals surface area contributed by atoms with Crippen LogP contribution in [0.4, 0.5) is 0 Å². The molecule has 3 nitrogen and oxygen atoms in total. The number of benzene rings is 1. The minimum atomic E-state index is -0.137. The first kappa shape index (κ1) is 15.7. The zero-order valence-corrected chi connectivity index (χ0v) is 12.5. The van der Waals surface area contributed by atoms with E-state index in [1.54, 1.807) is 0 Å². The molecule has 1 N–H and O–H groups in total. The first-order chi connectivity index (χ1) is 9.08. The maximum absolute atomic E-state index is 12.5. The van der Waals surface area contributed by atoms with Crippen LogP contribution in [0.1, 0.15) is 33.3 Å². The molecule has 0 aliphatic carbocycles. The highest BCUT2D eigenvalue weighted by Gasteiger charge is 2.23. The van der Waals surface area contributed by atoms with Gasteiger partial charge in [-0.3, -0.25) is 4.79 Å². The van der Waals surface area contributed by atoms with E-state index < -0.39 is 0 Å². The topological polar surface area (TPSA) is 32.3 Å². The molecule has 0 bridgehead atoms. The molecule has 0 saturated carbocycles. The molecule has 1 atom stereocenters. The predicted molar refractivity (Wildman–Crippen MR) is 80.1 cm³/mol. The lowest BCUT2D eigenvalue weighted by Crippen LogP contribution is -2.49. The average Bonchev–Trinajstić information content (AvgIpc) is 2.40. The van der Waals surface area contributed by atoms with Crippen molar-refractivity contribution in [3.05, 3.63) is 35.9 Å². The number of hydrogen-bond acceptors (Lipinski definition) is 2. The van der Waals surface area contributed by atoms with Gasteiger partial charge in [-0.15, -0.1) is 0 Å². The third kappa shape index (κ3) is 5.03. The van der Waals surface area contributed by atoms with Gasteiger partial charge >= 0.3 is 0 Å². The Balaban J connectivity index is 2.79. The smallest absolute Gasteiger partial charge is 0.240 e. The second kappa shape index (κ2) is 7.95. The third-order valence-corrected chi connectivity index (χ3v) is 3.19. The molecule has 1 aromatic rings. The van der Waals surface area contributed by atoms with Crippen LogP contribution in [0, 0.1) is 0 Å². The van der Waals surface area contributed by atoms with Gasteiger partial charge in [0, 0.05) is 19.1 Å². The van der Waals surface area contributed by atoms with Crippen LogP contribution in [0.5, 0.6) is 0 Å². The van der Waals surface area contributed by atoms with E-state index in [0.29, 0.717) is 6.04 Å². The van der Waals surface area contributed by atoms with Gasteiger partial charge in [-0.25, -0.2) is 0 Å². The second-order valence-corrected chi connectivity index (χ2v) is 5.07. The van der Waals surface area contributed by atoms with Crippen molar-refractivity contribution in [2.75, 3.05) is 13.1 Å². The Morgan fingerprint density at radius 1 is 1.16 bits per heavy atom. The fourth-order valence-electron chi connectivity index (χ4n) is 2.23. The summed E-state index contributed by atoms with van der Waals surface area (Å²) in [5.74, 6) is 0.197. The van der Waals surface area contributed by atoms with Crippen molar-refractivity contribution in [3.63, 3.8) is 0 Å². The van der Waals surface area contributed by atoms with E-state index in [-0.39, 0.29) is 11.9 Å². The predicted octanol–water partition coefficient (Wildman–Crippen LogP) is 2.46. The van der Waals surface area contributed by atoms with Crippen molar-refractivity contribution in [2.45, 2.75) is 46.2 Å². The summed E-state index contributed by atoms with van der Waals surface area (Å²) in [5, 5.41) is 3.39. The minimum absolute atomic E-state index is 0.137. The lowest BCUT2D eigenvalue weighted by Gasteiger charge is -2.27. The van der Waals surface area contributed by atoms with Gasteiger partial charge in [-0.05, 0) is 25.8 Å². The number of carbonyl (C=O) groups is 1. The van der Waals surface area contributed by atoms with E-state index in [4.69, 9.17) is 0 Å². The SMILES string of the molecule is CCN(CC)C(=O)[C@H](Cc1ccccc1)NC(C)C. The molecule has 0 aromatic heterocycles. The lowest BCUT2D eigenvalue weighted by atomic mass is 10.0. The highest BCUT2D eigenvalue weighted by atomic mass is 16.2. The van der Waals surface area contributed by atoms with Crippen LogP contribution in [0.25, 0.3) is 0 Å². The van der Waals surface area contributed by atoms with Gasteiger partial charge in [-0.2, -0.15) is 0 Å². The summed E-state index contributed by atoms with van der Waals surface area (Å²) in [7, 11) is 0. The van der Waals surface area contributed by atoms with Crippen molar-refractivity contribution in [2.24, 2.45) is 0 Å². The summed E-state index contributed by atoms with van der Waals surface area (Å²) in [5.41, 5.74) is 1.20. The van der Waals surface area contributed by atoms with Crippen LogP contribution in [-0.2, 0) is 11.2 Å². The van der Waals surface area contributed by atoms with Gasteiger partial charge in [0.25, 0.3) is 0 Å². The van der Waals surface area contributed by atoms with E-state index in [1.807, 2.05) is 36.9 Å². The van der Waals surface area contributed by atoms with E-state index in [9.17, 15) is 4.79 Å². The number of hydrogen-bond donors (Lipinski definition) is 1. The number of nitrogens with zero attached hydrogens (tertiary/aromatic N) is 1. The Labute approximate surface area is 117 Å². The zero-order chi connectivity index (χ0) is 14.3. The molecule has 0 radical (unpaired) electrons. The largest absolute Gasteiger partial charge is 0.342 e. The maximum atomic E-state index is 12.5. The summed E-state index contributed by atoms with van der Waals surface area (Å²) in [4.78, 5) is 14.4. The molecule has 3 heteroatoms. The first-order valence-corrected chi connectivity index (χ1v) is 7.17. The summed E-state index contributed by atoms with van der Waals surface area (Å²) in [6.45, 7) is 9.73. The van der Waals surface area contributed by atoms with Crippen LogP contribution < -0.4 is 5.32 Å². The van der Waals surface area contributed by atoms with Gasteiger partial charge < -0.3 is 10.2 Å². The molecule has 0 unspecified atom stereocenters. The van der Waals surface area contributed by atoms with Crippen molar-refractivity contribution >= 4 is 5.91 Å². The Morgan fingerprint density at radius 2 is 1.74 bits per heavy atom. The third-order valence-electron chi connectivity index (χ3n) is 3.19. The van der Waals surface area contributed by atoms with Gasteiger partial charge in [0.2, 0.25) is 5.91 Å². The molecule has 1 amide bonds. The molecule has 1 rings (SSSR count). The molecule has 1 aromatic carbocycles. The number of rotatable bonds is 7. The number of likely N-dealkylation sites (N-methyl/N-ethyl adjacent to an activating group) is 1. The van der Waals surface area contributed by atoms with Gasteiger partial charge in [0.15, 0.2) is 0 Å². The molecule has 0 heterocycles. The summed E-state index contributed by atoms with van der Waals surface area (Å²) in [6.07, 6.45) is 0.744. The van der Waals surface area contributed by atoms with Crippen LogP contribution in [0.15, 0.2) is 30.3 Å². The molecule has 0 fully saturated rings. The molecule has 106 valence electrons. The fourth-order valence-corrected chi connectivity index (χ4v) is 2.23. The van der Waals surface area contributed by atoms with Gasteiger partial charge in [0.1, 0.15) is 0 Å². The van der Waals surface area contributed by atoms with Crippen LogP contribution in [-0.4, -0.2) is 36.0 Å². The highest BCUT2D eigenvalue weighted by molar-refractivity contribution is 5.82. The molecule has 0 aliphatic heterocycles. The van der Waals surface area contributed by atoms with Crippen LogP contribution >= 0.6 is 0 Å². The van der Waals surface area contributed by atoms with Crippen molar-refractivity contribution in [1.29, 1.82) is 0 Å². The van der Waals surface area contributed by atoms with Crippen LogP contribution in [0.2, 0.25) is 0 Å². The van der Waals surface area contributed by atoms with E-state index >= 15 is 0 Å². The lowest BCUT2D eigenvalue weighted by molar-refractivity contribution is -0.133. The average molecular weight is 262 g/mol. The van der Waals surface area contributed by atoms with E-state index in [0.717, 1.165) is 19.5 Å². The molecule has 0 aliphatic rings. The van der Waals surface area contributed by atoms with Crippen LogP contribution in [0.3, 0.4) is 0 Å². The first-order valence-electron chi connectivity index (χ1n) is 7.17. The Hall–Kier alpha value is -1.35. The Morgan fingerprint density at radius 3 is 2.21 bits per heavy atom. The molecule has 0 spiro atoms. The minimum Gasteiger partial charge on any atom is -0.342 e. The molecular weight excluding hydrogens is 236 g/mol. The quantitative estimate of drug-likeness (QED) is 0.818. The fraction of sp³-hybridized carbons (Fsp3) is 0.562. The summed E-state index contributed by atoms with van der Waals surface area (Å²) < 4.78 is 0. The molecular formula is C16H26N2O. The normalized spacial score (nSPS) is 12.5.